The molecule has 2 N–H and O–H groups in total. The molecule has 31 heavy (non-hydrogen) atoms. The van der Waals surface area contributed by atoms with Gasteiger partial charge in [-0.1, -0.05) is 18.2 Å². The first-order valence-corrected chi connectivity index (χ1v) is 10.3. The second kappa shape index (κ2) is 8.56. The Kier molecular flexibility index (Phi) is 5.84. The summed E-state index contributed by atoms with van der Waals surface area (Å²) < 4.78 is 40.4. The van der Waals surface area contributed by atoms with Crippen molar-refractivity contribution in [3.05, 3.63) is 59.3 Å². The van der Waals surface area contributed by atoms with E-state index in [4.69, 9.17) is 0 Å². The van der Waals surface area contributed by atoms with Gasteiger partial charge in [0.2, 0.25) is 5.91 Å². The number of alkyl halides is 3. The van der Waals surface area contributed by atoms with Gasteiger partial charge in [-0.25, -0.2) is 9.78 Å². The first-order valence-electron chi connectivity index (χ1n) is 10.3. The van der Waals surface area contributed by atoms with Crippen LogP contribution in [0.3, 0.4) is 0 Å². The van der Waals surface area contributed by atoms with Crippen LogP contribution in [0.15, 0.2) is 42.6 Å². The topological polar surface area (TPSA) is 74.3 Å². The number of rotatable bonds is 3. The molecule has 6 nitrogen and oxygen atoms in total. The van der Waals surface area contributed by atoms with Gasteiger partial charge in [-0.15, -0.1) is 0 Å². The predicted octanol–water partition coefficient (Wildman–Crippen LogP) is 4.46. The van der Waals surface area contributed by atoms with Gasteiger partial charge in [0, 0.05) is 25.7 Å². The number of likely N-dealkylation sites (tertiary alicyclic amines) is 1. The number of carbonyl (C=O) groups is 2. The van der Waals surface area contributed by atoms with Crippen molar-refractivity contribution in [2.24, 2.45) is 0 Å². The molecule has 2 saturated heterocycles. The molecule has 0 saturated carbocycles. The molecule has 0 aliphatic carbocycles. The molecule has 9 heteroatoms. The lowest BCUT2D eigenvalue weighted by atomic mass is 9.83. The lowest BCUT2D eigenvalue weighted by Crippen LogP contribution is -2.37. The molecule has 2 aliphatic heterocycles. The molecule has 4 rings (SSSR count). The quantitative estimate of drug-likeness (QED) is 0.752. The lowest BCUT2D eigenvalue weighted by molar-refractivity contribution is -0.139. The van der Waals surface area contributed by atoms with Crippen LogP contribution in [0.5, 0.6) is 0 Å². The molecule has 2 aliphatic rings. The number of benzene rings is 1. The average Bonchev–Trinajstić information content (AvgIpc) is 3.28. The summed E-state index contributed by atoms with van der Waals surface area (Å²) in [6.07, 6.45) is -0.535. The summed E-state index contributed by atoms with van der Waals surface area (Å²) in [6, 6.07) is 7.78. The fourth-order valence-electron chi connectivity index (χ4n) is 4.30. The van der Waals surface area contributed by atoms with Crippen LogP contribution in [0.25, 0.3) is 0 Å². The number of anilines is 1. The molecular formula is C22H23F3N4O2. The number of hydrogen-bond acceptors (Lipinski definition) is 3. The molecule has 2 atom stereocenters. The zero-order chi connectivity index (χ0) is 22.0. The molecule has 3 heterocycles. The minimum atomic E-state index is -4.50. The molecule has 3 amide bonds. The molecule has 2 unspecified atom stereocenters. The van der Waals surface area contributed by atoms with E-state index < -0.39 is 17.8 Å². The van der Waals surface area contributed by atoms with Crippen molar-refractivity contribution in [1.82, 2.24) is 15.2 Å². The van der Waals surface area contributed by atoms with Crippen molar-refractivity contribution in [2.45, 2.75) is 43.8 Å². The van der Waals surface area contributed by atoms with Crippen LogP contribution in [0, 0.1) is 0 Å². The van der Waals surface area contributed by atoms with Gasteiger partial charge in [-0.2, -0.15) is 13.2 Å². The third-order valence-corrected chi connectivity index (χ3v) is 5.81. The number of piperidine rings is 1. The number of halogens is 3. The average molecular weight is 432 g/mol. The molecule has 0 spiro atoms. The fourth-order valence-corrected chi connectivity index (χ4v) is 4.30. The minimum Gasteiger partial charge on any atom is -0.349 e. The SMILES string of the molecule is O=C1CC(c2ccnc(NC(=O)N3CCCC3)c2)CC(c2ccccc2C(F)(F)F)N1. The van der Waals surface area contributed by atoms with Gasteiger partial charge >= 0.3 is 12.2 Å². The summed E-state index contributed by atoms with van der Waals surface area (Å²) in [5.74, 6) is -0.226. The number of urea groups is 1. The highest BCUT2D eigenvalue weighted by Gasteiger charge is 2.37. The Labute approximate surface area is 177 Å². The largest absolute Gasteiger partial charge is 0.416 e. The molecule has 0 radical (unpaired) electrons. The Morgan fingerprint density at radius 1 is 1.16 bits per heavy atom. The van der Waals surface area contributed by atoms with Crippen molar-refractivity contribution in [3.63, 3.8) is 0 Å². The van der Waals surface area contributed by atoms with Gasteiger partial charge in [0.1, 0.15) is 5.82 Å². The second-order valence-electron chi connectivity index (χ2n) is 7.94. The summed E-state index contributed by atoms with van der Waals surface area (Å²) in [5, 5.41) is 5.47. The van der Waals surface area contributed by atoms with E-state index in [-0.39, 0.29) is 29.8 Å². The van der Waals surface area contributed by atoms with E-state index in [9.17, 15) is 22.8 Å². The van der Waals surface area contributed by atoms with Gasteiger partial charge in [0.05, 0.1) is 11.6 Å². The van der Waals surface area contributed by atoms with Crippen molar-refractivity contribution < 1.29 is 22.8 Å². The zero-order valence-corrected chi connectivity index (χ0v) is 16.8. The van der Waals surface area contributed by atoms with E-state index in [2.05, 4.69) is 15.6 Å². The maximum atomic E-state index is 13.5. The van der Waals surface area contributed by atoms with Crippen LogP contribution in [0.1, 0.15) is 54.3 Å². The molecular weight excluding hydrogens is 409 g/mol. The normalized spacial score (nSPS) is 21.6. The molecule has 0 bridgehead atoms. The van der Waals surface area contributed by atoms with Gasteiger partial charge in [-0.05, 0) is 54.5 Å². The fraction of sp³-hybridized carbons (Fsp3) is 0.409. The second-order valence-corrected chi connectivity index (χ2v) is 7.94. The van der Waals surface area contributed by atoms with Crippen LogP contribution >= 0.6 is 0 Å². The van der Waals surface area contributed by atoms with Crippen LogP contribution in [-0.4, -0.2) is 34.9 Å². The maximum Gasteiger partial charge on any atom is 0.416 e. The van der Waals surface area contributed by atoms with Crippen molar-refractivity contribution in [3.8, 4) is 0 Å². The molecule has 164 valence electrons. The third kappa shape index (κ3) is 4.81. The van der Waals surface area contributed by atoms with E-state index in [1.165, 1.54) is 12.1 Å². The van der Waals surface area contributed by atoms with Gasteiger partial charge in [0.15, 0.2) is 0 Å². The predicted molar refractivity (Wildman–Crippen MR) is 108 cm³/mol. The van der Waals surface area contributed by atoms with E-state index in [1.54, 1.807) is 29.3 Å². The Balaban J connectivity index is 1.54. The molecule has 1 aromatic carbocycles. The molecule has 2 aromatic rings. The van der Waals surface area contributed by atoms with Gasteiger partial charge < -0.3 is 10.2 Å². The minimum absolute atomic E-state index is 0.0599. The number of nitrogens with zero attached hydrogens (tertiary/aromatic N) is 2. The summed E-state index contributed by atoms with van der Waals surface area (Å²) in [5.41, 5.74) is 0.0787. The van der Waals surface area contributed by atoms with E-state index >= 15 is 0 Å². The Hall–Kier alpha value is -3.10. The molecule has 1 aromatic heterocycles. The summed E-state index contributed by atoms with van der Waals surface area (Å²) >= 11 is 0. The summed E-state index contributed by atoms with van der Waals surface area (Å²) in [6.45, 7) is 1.41. The number of hydrogen-bond donors (Lipinski definition) is 2. The zero-order valence-electron chi connectivity index (χ0n) is 16.8. The monoisotopic (exact) mass is 432 g/mol. The van der Waals surface area contributed by atoms with Crippen molar-refractivity contribution in [1.29, 1.82) is 0 Å². The number of amides is 3. The smallest absolute Gasteiger partial charge is 0.349 e. The highest BCUT2D eigenvalue weighted by Crippen LogP contribution is 2.40. The Morgan fingerprint density at radius 3 is 2.65 bits per heavy atom. The number of carbonyl (C=O) groups excluding carboxylic acids is 2. The van der Waals surface area contributed by atoms with Crippen LogP contribution < -0.4 is 10.6 Å². The van der Waals surface area contributed by atoms with Crippen molar-refractivity contribution >= 4 is 17.8 Å². The van der Waals surface area contributed by atoms with Crippen LogP contribution in [0.2, 0.25) is 0 Å². The lowest BCUT2D eigenvalue weighted by Gasteiger charge is -2.32. The highest BCUT2D eigenvalue weighted by atomic mass is 19.4. The first kappa shape index (κ1) is 21.1. The Bertz CT molecular complexity index is 973. The van der Waals surface area contributed by atoms with Crippen LogP contribution in [-0.2, 0) is 11.0 Å². The number of aromatic nitrogens is 1. The highest BCUT2D eigenvalue weighted by molar-refractivity contribution is 5.88. The standard InChI is InChI=1S/C22H23F3N4O2/c23-22(24,25)17-6-2-1-5-16(17)18-11-15(13-20(30)27-18)14-7-8-26-19(12-14)28-21(31)29-9-3-4-10-29/h1-2,5-8,12,15,18H,3-4,9-11,13H2,(H,27,30)(H,26,28,31). The number of nitrogens with one attached hydrogen (secondary N) is 2. The molecule has 2 fully saturated rings. The van der Waals surface area contributed by atoms with E-state index in [1.807, 2.05) is 0 Å². The van der Waals surface area contributed by atoms with Gasteiger partial charge in [-0.3, -0.25) is 10.1 Å². The van der Waals surface area contributed by atoms with Gasteiger partial charge in [0.25, 0.3) is 0 Å². The summed E-state index contributed by atoms with van der Waals surface area (Å²) in [7, 11) is 0. The maximum absolute atomic E-state index is 13.5. The van der Waals surface area contributed by atoms with E-state index in [0.717, 1.165) is 24.5 Å². The van der Waals surface area contributed by atoms with Crippen molar-refractivity contribution in [2.75, 3.05) is 18.4 Å². The Morgan fingerprint density at radius 2 is 1.90 bits per heavy atom. The van der Waals surface area contributed by atoms with E-state index in [0.29, 0.717) is 25.3 Å². The summed E-state index contributed by atoms with van der Waals surface area (Å²) in [4.78, 5) is 30.6. The first-order chi connectivity index (χ1) is 14.8. The van der Waals surface area contributed by atoms with Crippen LogP contribution in [0.4, 0.5) is 23.8 Å². The third-order valence-electron chi connectivity index (χ3n) is 5.81. The number of pyridine rings is 1.